The summed E-state index contributed by atoms with van der Waals surface area (Å²) in [7, 11) is 0. The van der Waals surface area contributed by atoms with Crippen LogP contribution in [0.3, 0.4) is 0 Å². The number of rotatable bonds is 2. The second kappa shape index (κ2) is 5.85. The van der Waals surface area contributed by atoms with Gasteiger partial charge in [-0.2, -0.15) is 0 Å². The number of anilines is 1. The Hall–Kier alpha value is -1.53. The number of carbonyl (C=O) groups excluding carboxylic acids is 1. The van der Waals surface area contributed by atoms with Crippen molar-refractivity contribution in [2.45, 2.75) is 0 Å². The van der Waals surface area contributed by atoms with Gasteiger partial charge >= 0.3 is 0 Å². The van der Waals surface area contributed by atoms with Crippen LogP contribution < -0.4 is 5.32 Å². The Morgan fingerprint density at radius 2 is 1.85 bits per heavy atom. The molecular formula is C13H6BrClF3NO. The predicted molar refractivity (Wildman–Crippen MR) is 73.4 cm³/mol. The molecule has 0 saturated heterocycles. The lowest BCUT2D eigenvalue weighted by Gasteiger charge is -2.08. The molecule has 2 aromatic rings. The number of carbonyl (C=O) groups is 1. The number of hydrogen-bond acceptors (Lipinski definition) is 1. The molecule has 2 aromatic carbocycles. The Kier molecular flexibility index (Phi) is 4.35. The van der Waals surface area contributed by atoms with E-state index in [-0.39, 0.29) is 5.56 Å². The van der Waals surface area contributed by atoms with Gasteiger partial charge in [-0.25, -0.2) is 13.2 Å². The van der Waals surface area contributed by atoms with E-state index in [1.165, 1.54) is 18.2 Å². The highest BCUT2D eigenvalue weighted by atomic mass is 79.9. The summed E-state index contributed by atoms with van der Waals surface area (Å²) in [4.78, 5) is 11.9. The molecule has 0 spiro atoms. The van der Waals surface area contributed by atoms with E-state index in [2.05, 4.69) is 21.2 Å². The van der Waals surface area contributed by atoms with E-state index in [0.717, 1.165) is 0 Å². The minimum Gasteiger partial charge on any atom is -0.319 e. The molecule has 1 N–H and O–H groups in total. The molecule has 0 unspecified atom stereocenters. The fourth-order valence-electron chi connectivity index (χ4n) is 1.48. The van der Waals surface area contributed by atoms with E-state index in [0.29, 0.717) is 21.6 Å². The molecular weight excluding hydrogens is 358 g/mol. The Bertz CT molecular complexity index is 694. The van der Waals surface area contributed by atoms with Crippen molar-refractivity contribution in [3.63, 3.8) is 0 Å². The summed E-state index contributed by atoms with van der Waals surface area (Å²) in [5.74, 6) is -4.41. The Balaban J connectivity index is 2.30. The van der Waals surface area contributed by atoms with Crippen LogP contribution in [0.25, 0.3) is 0 Å². The average molecular weight is 365 g/mol. The van der Waals surface area contributed by atoms with Gasteiger partial charge in [-0.05, 0) is 34.1 Å². The maximum Gasteiger partial charge on any atom is 0.255 e. The van der Waals surface area contributed by atoms with Crippen LogP contribution in [0.5, 0.6) is 0 Å². The molecule has 0 saturated carbocycles. The minimum absolute atomic E-state index is 0.158. The monoisotopic (exact) mass is 363 g/mol. The summed E-state index contributed by atoms with van der Waals surface area (Å²) in [6.45, 7) is 0. The molecule has 20 heavy (non-hydrogen) atoms. The Labute approximate surface area is 125 Å². The molecule has 7 heteroatoms. The largest absolute Gasteiger partial charge is 0.319 e. The lowest BCUT2D eigenvalue weighted by molar-refractivity contribution is 0.102. The van der Waals surface area contributed by atoms with Crippen molar-refractivity contribution < 1.29 is 18.0 Å². The average Bonchev–Trinajstić information content (AvgIpc) is 2.38. The zero-order valence-electron chi connectivity index (χ0n) is 9.68. The molecule has 0 aliphatic carbocycles. The van der Waals surface area contributed by atoms with Gasteiger partial charge in [0.15, 0.2) is 11.6 Å². The third-order valence-corrected chi connectivity index (χ3v) is 3.64. The zero-order valence-corrected chi connectivity index (χ0v) is 12.0. The Morgan fingerprint density at radius 3 is 2.50 bits per heavy atom. The highest BCUT2D eigenvalue weighted by Crippen LogP contribution is 2.24. The molecule has 2 rings (SSSR count). The van der Waals surface area contributed by atoms with E-state index in [4.69, 9.17) is 11.6 Å². The first kappa shape index (κ1) is 14.9. The molecule has 0 fully saturated rings. The van der Waals surface area contributed by atoms with Gasteiger partial charge in [-0.1, -0.05) is 11.6 Å². The van der Waals surface area contributed by atoms with Gasteiger partial charge in [0.25, 0.3) is 5.91 Å². The van der Waals surface area contributed by atoms with Crippen LogP contribution in [0.15, 0.2) is 34.8 Å². The molecule has 0 aromatic heterocycles. The predicted octanol–water partition coefficient (Wildman–Crippen LogP) is 4.77. The normalized spacial score (nSPS) is 10.4. The summed E-state index contributed by atoms with van der Waals surface area (Å²) < 4.78 is 39.9. The van der Waals surface area contributed by atoms with Crippen LogP contribution in [-0.2, 0) is 0 Å². The summed E-state index contributed by atoms with van der Waals surface area (Å²) >= 11 is 8.91. The molecule has 2 nitrogen and oxygen atoms in total. The quantitative estimate of drug-likeness (QED) is 0.764. The highest BCUT2D eigenvalue weighted by molar-refractivity contribution is 9.10. The van der Waals surface area contributed by atoms with Gasteiger partial charge in [0.2, 0.25) is 0 Å². The van der Waals surface area contributed by atoms with Crippen molar-refractivity contribution in [1.29, 1.82) is 0 Å². The van der Waals surface area contributed by atoms with Gasteiger partial charge in [0, 0.05) is 22.2 Å². The van der Waals surface area contributed by atoms with E-state index in [1.807, 2.05) is 0 Å². The standard InChI is InChI=1S/C13H6BrClF3NO/c14-8-3-6(1-2-9(8)15)13(20)19-11-5-7(16)4-10(17)12(11)18/h1-5H,(H,19,20). The number of nitrogens with one attached hydrogen (secondary N) is 1. The number of amides is 1. The van der Waals surface area contributed by atoms with Gasteiger partial charge in [0.05, 0.1) is 10.7 Å². The molecule has 0 aliphatic rings. The van der Waals surface area contributed by atoms with Gasteiger partial charge in [-0.3, -0.25) is 4.79 Å². The van der Waals surface area contributed by atoms with Crippen molar-refractivity contribution in [3.05, 3.63) is 62.8 Å². The smallest absolute Gasteiger partial charge is 0.255 e. The summed E-state index contributed by atoms with van der Waals surface area (Å²) in [5.41, 5.74) is -0.413. The molecule has 0 bridgehead atoms. The van der Waals surface area contributed by atoms with Crippen LogP contribution in [0.4, 0.5) is 18.9 Å². The number of halogens is 5. The summed E-state index contributed by atoms with van der Waals surface area (Å²) in [6.07, 6.45) is 0. The second-order valence-corrected chi connectivity index (χ2v) is 5.09. The second-order valence-electron chi connectivity index (χ2n) is 3.83. The van der Waals surface area contributed by atoms with Crippen molar-refractivity contribution in [2.24, 2.45) is 0 Å². The van der Waals surface area contributed by atoms with Crippen molar-refractivity contribution in [2.75, 3.05) is 5.32 Å². The van der Waals surface area contributed by atoms with Crippen LogP contribution in [0.2, 0.25) is 5.02 Å². The van der Waals surface area contributed by atoms with E-state index in [9.17, 15) is 18.0 Å². The van der Waals surface area contributed by atoms with Crippen molar-refractivity contribution in [3.8, 4) is 0 Å². The van der Waals surface area contributed by atoms with Crippen LogP contribution in [0, 0.1) is 17.5 Å². The fraction of sp³-hybridized carbons (Fsp3) is 0. The first-order valence-electron chi connectivity index (χ1n) is 5.29. The molecule has 0 atom stereocenters. The highest BCUT2D eigenvalue weighted by Gasteiger charge is 2.15. The zero-order chi connectivity index (χ0) is 14.9. The van der Waals surface area contributed by atoms with Crippen LogP contribution in [-0.4, -0.2) is 5.91 Å². The SMILES string of the molecule is O=C(Nc1cc(F)cc(F)c1F)c1ccc(Cl)c(Br)c1. The lowest BCUT2D eigenvalue weighted by Crippen LogP contribution is -2.14. The topological polar surface area (TPSA) is 29.1 Å². The summed E-state index contributed by atoms with van der Waals surface area (Å²) in [5, 5.41) is 2.49. The van der Waals surface area contributed by atoms with Crippen molar-refractivity contribution >= 4 is 39.1 Å². The Morgan fingerprint density at radius 1 is 1.15 bits per heavy atom. The molecule has 1 amide bonds. The van der Waals surface area contributed by atoms with Gasteiger partial charge < -0.3 is 5.32 Å². The van der Waals surface area contributed by atoms with Gasteiger partial charge in [0.1, 0.15) is 5.82 Å². The number of hydrogen-bond donors (Lipinski definition) is 1. The minimum atomic E-state index is -1.38. The third kappa shape index (κ3) is 3.13. The lowest BCUT2D eigenvalue weighted by atomic mass is 10.2. The van der Waals surface area contributed by atoms with Crippen molar-refractivity contribution in [1.82, 2.24) is 0 Å². The van der Waals surface area contributed by atoms with E-state index in [1.54, 1.807) is 0 Å². The molecule has 0 heterocycles. The summed E-state index contributed by atoms with van der Waals surface area (Å²) in [6, 6.07) is 5.36. The maximum atomic E-state index is 13.4. The molecule has 104 valence electrons. The fourth-order valence-corrected chi connectivity index (χ4v) is 1.98. The first-order valence-corrected chi connectivity index (χ1v) is 6.46. The van der Waals surface area contributed by atoms with E-state index < -0.39 is 29.0 Å². The third-order valence-electron chi connectivity index (χ3n) is 2.42. The maximum absolute atomic E-state index is 13.4. The van der Waals surface area contributed by atoms with Gasteiger partial charge in [-0.15, -0.1) is 0 Å². The number of benzene rings is 2. The van der Waals surface area contributed by atoms with Crippen LogP contribution >= 0.6 is 27.5 Å². The van der Waals surface area contributed by atoms with Crippen LogP contribution in [0.1, 0.15) is 10.4 Å². The molecule has 0 aliphatic heterocycles. The molecule has 0 radical (unpaired) electrons. The first-order chi connectivity index (χ1) is 9.38. The van der Waals surface area contributed by atoms with E-state index >= 15 is 0 Å².